The fraction of sp³-hybridized carbons (Fsp3) is 0.125. The van der Waals surface area contributed by atoms with Crippen LogP contribution in [0.2, 0.25) is 5.02 Å². The average molecular weight is 418 g/mol. The van der Waals surface area contributed by atoms with E-state index in [0.29, 0.717) is 33.1 Å². The molecule has 5 nitrogen and oxygen atoms in total. The molecule has 1 N–H and O–H groups in total. The van der Waals surface area contributed by atoms with E-state index in [9.17, 15) is 4.79 Å². The van der Waals surface area contributed by atoms with Crippen LogP contribution in [-0.4, -0.2) is 10.9 Å². The number of carbonyl (C=O) groups excluding carboxylic acids is 1. The van der Waals surface area contributed by atoms with Gasteiger partial charge in [0, 0.05) is 16.6 Å². The molecule has 6 heteroatoms. The molecule has 0 spiro atoms. The van der Waals surface area contributed by atoms with Crippen molar-refractivity contribution in [2.75, 3.05) is 5.32 Å². The van der Waals surface area contributed by atoms with Crippen LogP contribution >= 0.6 is 11.6 Å². The Kier molecular flexibility index (Phi) is 5.38. The van der Waals surface area contributed by atoms with Gasteiger partial charge in [0.25, 0.3) is 5.91 Å². The summed E-state index contributed by atoms with van der Waals surface area (Å²) in [5.74, 6) is 0.0919. The minimum atomic E-state index is -0.361. The van der Waals surface area contributed by atoms with Crippen molar-refractivity contribution in [3.63, 3.8) is 0 Å². The molecule has 2 heterocycles. The Morgan fingerprint density at radius 3 is 2.43 bits per heavy atom. The molecule has 0 aliphatic carbocycles. The lowest BCUT2D eigenvalue weighted by atomic mass is 10.1. The van der Waals surface area contributed by atoms with Crippen LogP contribution in [0.3, 0.4) is 0 Å². The van der Waals surface area contributed by atoms with E-state index in [1.807, 2.05) is 39.0 Å². The summed E-state index contributed by atoms with van der Waals surface area (Å²) in [7, 11) is 0. The molecular weight excluding hydrogens is 398 g/mol. The summed E-state index contributed by atoms with van der Waals surface area (Å²) in [6.45, 7) is 5.94. The number of nitrogens with one attached hydrogen (secondary N) is 1. The number of aromatic nitrogens is 1. The molecule has 30 heavy (non-hydrogen) atoms. The second-order valence-corrected chi connectivity index (χ2v) is 7.72. The van der Waals surface area contributed by atoms with Crippen LogP contribution in [0.5, 0.6) is 0 Å². The molecule has 4 aromatic rings. The van der Waals surface area contributed by atoms with Gasteiger partial charge in [0.2, 0.25) is 5.55 Å². The monoisotopic (exact) mass is 417 g/mol. The Morgan fingerprint density at radius 2 is 1.73 bits per heavy atom. The molecule has 4 rings (SSSR count). The van der Waals surface area contributed by atoms with Gasteiger partial charge in [-0.25, -0.2) is 9.98 Å². The molecule has 2 aromatic carbocycles. The van der Waals surface area contributed by atoms with Crippen molar-refractivity contribution in [1.82, 2.24) is 4.98 Å². The van der Waals surface area contributed by atoms with Crippen molar-refractivity contribution < 1.29 is 9.21 Å². The van der Waals surface area contributed by atoms with Crippen molar-refractivity contribution in [3.05, 3.63) is 93.6 Å². The van der Waals surface area contributed by atoms with Gasteiger partial charge in [0.05, 0.1) is 5.69 Å². The second kappa shape index (κ2) is 8.13. The molecule has 0 aliphatic heterocycles. The maximum absolute atomic E-state index is 13.1. The highest BCUT2D eigenvalue weighted by Gasteiger charge is 2.14. The third-order valence-corrected chi connectivity index (χ3v) is 4.78. The van der Waals surface area contributed by atoms with E-state index in [-0.39, 0.29) is 11.5 Å². The van der Waals surface area contributed by atoms with E-state index in [0.717, 1.165) is 16.7 Å². The van der Waals surface area contributed by atoms with Gasteiger partial charge >= 0.3 is 0 Å². The van der Waals surface area contributed by atoms with Gasteiger partial charge in [-0.1, -0.05) is 23.7 Å². The van der Waals surface area contributed by atoms with E-state index >= 15 is 0 Å². The van der Waals surface area contributed by atoms with Crippen molar-refractivity contribution in [2.24, 2.45) is 4.99 Å². The van der Waals surface area contributed by atoms with Crippen LogP contribution in [0.25, 0.3) is 11.0 Å². The molecule has 0 atom stereocenters. The molecule has 0 saturated heterocycles. The number of amides is 1. The highest BCUT2D eigenvalue weighted by atomic mass is 35.5. The van der Waals surface area contributed by atoms with Crippen molar-refractivity contribution in [3.8, 4) is 0 Å². The maximum atomic E-state index is 13.1. The van der Waals surface area contributed by atoms with E-state index < -0.39 is 0 Å². The van der Waals surface area contributed by atoms with Gasteiger partial charge in [0.1, 0.15) is 17.0 Å². The largest absolute Gasteiger partial charge is 0.438 e. The van der Waals surface area contributed by atoms with Crippen molar-refractivity contribution >= 4 is 40.0 Å². The number of halogens is 1. The highest BCUT2D eigenvalue weighted by molar-refractivity contribution is 6.31. The summed E-state index contributed by atoms with van der Waals surface area (Å²) in [5.41, 5.74) is 4.99. The topological polar surface area (TPSA) is 67.5 Å². The van der Waals surface area contributed by atoms with Gasteiger partial charge in [0.15, 0.2) is 0 Å². The first-order valence-corrected chi connectivity index (χ1v) is 9.86. The highest BCUT2D eigenvalue weighted by Crippen LogP contribution is 2.21. The molecule has 0 aliphatic rings. The van der Waals surface area contributed by atoms with Crippen LogP contribution in [0.1, 0.15) is 27.0 Å². The first-order chi connectivity index (χ1) is 14.4. The predicted octanol–water partition coefficient (Wildman–Crippen LogP) is 5.89. The van der Waals surface area contributed by atoms with E-state index in [1.165, 1.54) is 0 Å². The van der Waals surface area contributed by atoms with Gasteiger partial charge in [-0.3, -0.25) is 4.79 Å². The fourth-order valence-corrected chi connectivity index (χ4v) is 3.39. The third-order valence-electron chi connectivity index (χ3n) is 4.54. The normalized spacial score (nSPS) is 11.7. The van der Waals surface area contributed by atoms with Crippen molar-refractivity contribution in [2.45, 2.75) is 20.8 Å². The van der Waals surface area contributed by atoms with Crippen molar-refractivity contribution in [1.29, 1.82) is 0 Å². The zero-order valence-corrected chi connectivity index (χ0v) is 17.6. The fourth-order valence-electron chi connectivity index (χ4n) is 3.20. The molecule has 0 saturated carbocycles. The number of carbonyl (C=O) groups is 1. The van der Waals surface area contributed by atoms with Gasteiger partial charge in [-0.15, -0.1) is 0 Å². The summed E-state index contributed by atoms with van der Waals surface area (Å²) >= 11 is 6.12. The lowest BCUT2D eigenvalue weighted by Gasteiger charge is -2.07. The summed E-state index contributed by atoms with van der Waals surface area (Å²) < 4.78 is 6.00. The molecule has 0 unspecified atom stereocenters. The first-order valence-electron chi connectivity index (χ1n) is 9.48. The lowest BCUT2D eigenvalue weighted by molar-refractivity contribution is 0.102. The minimum Gasteiger partial charge on any atom is -0.438 e. The number of hydrogen-bond donors (Lipinski definition) is 1. The van der Waals surface area contributed by atoms with Crippen LogP contribution in [0.15, 0.2) is 70.2 Å². The SMILES string of the molecule is Cc1ccc(NC(=O)c2cc3cc(Cl)ccc3oc2=Nc2cc(C)cc(C)c2)nc1. The minimum absolute atomic E-state index is 0.222. The number of rotatable bonds is 3. The molecule has 150 valence electrons. The Hall–Kier alpha value is -3.44. The number of pyridine rings is 1. The smallest absolute Gasteiger partial charge is 0.262 e. The molecule has 0 bridgehead atoms. The zero-order chi connectivity index (χ0) is 21.3. The summed E-state index contributed by atoms with van der Waals surface area (Å²) in [6.07, 6.45) is 1.70. The number of benzene rings is 2. The van der Waals surface area contributed by atoms with Gasteiger partial charge in [-0.2, -0.15) is 0 Å². The molecule has 2 aromatic heterocycles. The van der Waals surface area contributed by atoms with E-state index in [2.05, 4.69) is 21.4 Å². The lowest BCUT2D eigenvalue weighted by Crippen LogP contribution is -2.22. The zero-order valence-electron chi connectivity index (χ0n) is 16.9. The van der Waals surface area contributed by atoms with Crippen LogP contribution in [0.4, 0.5) is 11.5 Å². The molecule has 1 amide bonds. The number of hydrogen-bond acceptors (Lipinski definition) is 4. The van der Waals surface area contributed by atoms with E-state index in [4.69, 9.17) is 16.0 Å². The quantitative estimate of drug-likeness (QED) is 0.451. The number of anilines is 1. The summed E-state index contributed by atoms with van der Waals surface area (Å²) in [4.78, 5) is 21.9. The first kappa shape index (κ1) is 19.9. The number of fused-ring (bicyclic) bond motifs is 1. The van der Waals surface area contributed by atoms with Crippen LogP contribution in [0, 0.1) is 20.8 Å². The summed E-state index contributed by atoms with van der Waals surface area (Å²) in [5, 5.41) is 4.08. The Balaban J connectivity index is 1.86. The number of aryl methyl sites for hydroxylation is 3. The average Bonchev–Trinajstić information content (AvgIpc) is 2.68. The predicted molar refractivity (Wildman–Crippen MR) is 119 cm³/mol. The number of nitrogens with zero attached hydrogens (tertiary/aromatic N) is 2. The Bertz CT molecular complexity index is 1300. The van der Waals surface area contributed by atoms with E-state index in [1.54, 1.807) is 36.5 Å². The van der Waals surface area contributed by atoms with Crippen LogP contribution in [-0.2, 0) is 0 Å². The van der Waals surface area contributed by atoms with Gasteiger partial charge < -0.3 is 9.73 Å². The Labute approximate surface area is 179 Å². The third kappa shape index (κ3) is 4.42. The maximum Gasteiger partial charge on any atom is 0.262 e. The molecular formula is C24H20ClN3O2. The molecule has 0 radical (unpaired) electrons. The second-order valence-electron chi connectivity index (χ2n) is 7.28. The summed E-state index contributed by atoms with van der Waals surface area (Å²) in [6, 6.07) is 16.6. The molecule has 0 fully saturated rings. The van der Waals surface area contributed by atoms with Gasteiger partial charge in [-0.05, 0) is 79.9 Å². The standard InChI is InChI=1S/C24H20ClN3O2/c1-14-4-7-22(26-13-14)28-23(29)20-12-17-11-18(25)5-6-21(17)30-24(20)27-19-9-15(2)8-16(3)10-19/h4-13H,1-3H3,(H,26,28,29). The van der Waals surface area contributed by atoms with Crippen LogP contribution < -0.4 is 10.9 Å². The Morgan fingerprint density at radius 1 is 0.967 bits per heavy atom.